The summed E-state index contributed by atoms with van der Waals surface area (Å²) in [7, 11) is 0. The fourth-order valence-electron chi connectivity index (χ4n) is 3.87. The van der Waals surface area contributed by atoms with E-state index in [4.69, 9.17) is 23.2 Å². The topological polar surface area (TPSA) is 23.6 Å². The van der Waals surface area contributed by atoms with Crippen LogP contribution in [0.4, 0.5) is 0 Å². The van der Waals surface area contributed by atoms with E-state index in [1.165, 1.54) is 0 Å². The SMILES string of the molecule is O=C(Cc1ccc(Cl)cc1)N1C[C@H]2CN(Cc3ccccc3Cl)[C@H]2C1. The number of nitrogens with zero attached hydrogens (tertiary/aromatic N) is 2. The van der Waals surface area contributed by atoms with Gasteiger partial charge in [-0.05, 0) is 29.3 Å². The predicted octanol–water partition coefficient (Wildman–Crippen LogP) is 3.88. The zero-order valence-electron chi connectivity index (χ0n) is 13.9. The van der Waals surface area contributed by atoms with Gasteiger partial charge in [0, 0.05) is 48.2 Å². The smallest absolute Gasteiger partial charge is 0.227 e. The number of fused-ring (bicyclic) bond motifs is 1. The molecule has 2 atom stereocenters. The summed E-state index contributed by atoms with van der Waals surface area (Å²) in [6, 6.07) is 16.0. The molecule has 0 bridgehead atoms. The lowest BCUT2D eigenvalue weighted by atomic mass is 9.91. The maximum Gasteiger partial charge on any atom is 0.227 e. The second-order valence-electron chi connectivity index (χ2n) is 6.95. The first kappa shape index (κ1) is 16.9. The molecule has 3 nitrogen and oxygen atoms in total. The van der Waals surface area contributed by atoms with E-state index in [0.717, 1.165) is 42.3 Å². The van der Waals surface area contributed by atoms with Gasteiger partial charge in [-0.1, -0.05) is 53.5 Å². The van der Waals surface area contributed by atoms with Crippen molar-refractivity contribution in [3.8, 4) is 0 Å². The summed E-state index contributed by atoms with van der Waals surface area (Å²) in [6.45, 7) is 3.60. The first-order chi connectivity index (χ1) is 12.1. The monoisotopic (exact) mass is 374 g/mol. The average molecular weight is 375 g/mol. The van der Waals surface area contributed by atoms with Crippen molar-refractivity contribution in [2.75, 3.05) is 19.6 Å². The number of carbonyl (C=O) groups excluding carboxylic acids is 1. The molecule has 2 aromatic rings. The van der Waals surface area contributed by atoms with Crippen LogP contribution in [0.5, 0.6) is 0 Å². The molecule has 0 radical (unpaired) electrons. The third-order valence-electron chi connectivity index (χ3n) is 5.30. The summed E-state index contributed by atoms with van der Waals surface area (Å²) in [6.07, 6.45) is 0.446. The Labute approximate surface area is 158 Å². The van der Waals surface area contributed by atoms with Crippen LogP contribution in [0.1, 0.15) is 11.1 Å². The van der Waals surface area contributed by atoms with Crippen molar-refractivity contribution in [3.63, 3.8) is 0 Å². The molecule has 2 saturated heterocycles. The Morgan fingerprint density at radius 3 is 2.52 bits per heavy atom. The van der Waals surface area contributed by atoms with Crippen LogP contribution in [-0.4, -0.2) is 41.4 Å². The first-order valence-electron chi connectivity index (χ1n) is 8.60. The molecular formula is C20H20Cl2N2O. The Bertz CT molecular complexity index is 778. The number of carbonyl (C=O) groups is 1. The van der Waals surface area contributed by atoms with E-state index >= 15 is 0 Å². The molecule has 2 aliphatic rings. The van der Waals surface area contributed by atoms with Crippen LogP contribution in [0.25, 0.3) is 0 Å². The molecule has 2 heterocycles. The van der Waals surface area contributed by atoms with Crippen LogP contribution >= 0.6 is 23.2 Å². The van der Waals surface area contributed by atoms with Crippen LogP contribution in [-0.2, 0) is 17.8 Å². The van der Waals surface area contributed by atoms with Gasteiger partial charge < -0.3 is 4.90 Å². The summed E-state index contributed by atoms with van der Waals surface area (Å²) in [4.78, 5) is 17.0. The normalized spacial score (nSPS) is 22.6. The third kappa shape index (κ3) is 3.55. The van der Waals surface area contributed by atoms with Crippen LogP contribution in [0.2, 0.25) is 10.0 Å². The van der Waals surface area contributed by atoms with Crippen molar-refractivity contribution < 1.29 is 4.79 Å². The molecule has 25 heavy (non-hydrogen) atoms. The van der Waals surface area contributed by atoms with E-state index in [2.05, 4.69) is 11.0 Å². The molecule has 0 saturated carbocycles. The lowest BCUT2D eigenvalue weighted by Crippen LogP contribution is -2.54. The Kier molecular flexibility index (Phi) is 4.72. The highest BCUT2D eigenvalue weighted by atomic mass is 35.5. The number of benzene rings is 2. The van der Waals surface area contributed by atoms with E-state index in [1.54, 1.807) is 0 Å². The first-order valence-corrected chi connectivity index (χ1v) is 9.35. The van der Waals surface area contributed by atoms with Crippen LogP contribution in [0.3, 0.4) is 0 Å². The van der Waals surface area contributed by atoms with Gasteiger partial charge in [-0.2, -0.15) is 0 Å². The van der Waals surface area contributed by atoms with Crippen molar-refractivity contribution in [2.45, 2.75) is 19.0 Å². The average Bonchev–Trinajstić information content (AvgIpc) is 2.93. The Morgan fingerprint density at radius 2 is 1.76 bits per heavy atom. The molecule has 130 valence electrons. The highest BCUT2D eigenvalue weighted by Gasteiger charge is 2.46. The molecular weight excluding hydrogens is 355 g/mol. The van der Waals surface area contributed by atoms with Crippen LogP contribution < -0.4 is 0 Å². The lowest BCUT2D eigenvalue weighted by molar-refractivity contribution is -0.129. The highest BCUT2D eigenvalue weighted by Crippen LogP contribution is 2.34. The molecule has 2 aromatic carbocycles. The maximum absolute atomic E-state index is 12.6. The highest BCUT2D eigenvalue weighted by molar-refractivity contribution is 6.31. The summed E-state index contributed by atoms with van der Waals surface area (Å²) >= 11 is 12.2. The quantitative estimate of drug-likeness (QED) is 0.810. The standard InChI is InChI=1S/C20H20Cl2N2O/c21-17-7-5-14(6-8-17)9-20(25)24-12-16-11-23(19(16)13-24)10-15-3-1-2-4-18(15)22/h1-8,16,19H,9-13H2/t16-,19+/m1/s1. The minimum Gasteiger partial charge on any atom is -0.340 e. The Hall–Kier alpha value is -1.55. The van der Waals surface area contributed by atoms with Gasteiger partial charge in [0.05, 0.1) is 6.42 Å². The number of amides is 1. The van der Waals surface area contributed by atoms with Gasteiger partial charge in [0.2, 0.25) is 5.91 Å². The third-order valence-corrected chi connectivity index (χ3v) is 5.92. The van der Waals surface area contributed by atoms with E-state index in [0.29, 0.717) is 23.4 Å². The maximum atomic E-state index is 12.6. The van der Waals surface area contributed by atoms with E-state index in [1.807, 2.05) is 47.4 Å². The second kappa shape index (κ2) is 6.99. The van der Waals surface area contributed by atoms with E-state index in [9.17, 15) is 4.79 Å². The largest absolute Gasteiger partial charge is 0.340 e. The van der Waals surface area contributed by atoms with Gasteiger partial charge in [-0.25, -0.2) is 0 Å². The van der Waals surface area contributed by atoms with Crippen LogP contribution in [0.15, 0.2) is 48.5 Å². The number of hydrogen-bond acceptors (Lipinski definition) is 2. The minimum absolute atomic E-state index is 0.203. The van der Waals surface area contributed by atoms with Gasteiger partial charge in [-0.3, -0.25) is 9.69 Å². The fraction of sp³-hybridized carbons (Fsp3) is 0.350. The molecule has 0 unspecified atom stereocenters. The molecule has 4 rings (SSSR count). The van der Waals surface area contributed by atoms with E-state index in [-0.39, 0.29) is 5.91 Å². The molecule has 0 spiro atoms. The molecule has 2 aliphatic heterocycles. The molecule has 0 aromatic heterocycles. The second-order valence-corrected chi connectivity index (χ2v) is 7.79. The summed E-state index contributed by atoms with van der Waals surface area (Å²) in [5.74, 6) is 0.797. The Morgan fingerprint density at radius 1 is 1.00 bits per heavy atom. The predicted molar refractivity (Wildman–Crippen MR) is 101 cm³/mol. The van der Waals surface area contributed by atoms with Gasteiger partial charge in [0.1, 0.15) is 0 Å². The van der Waals surface area contributed by atoms with Crippen LogP contribution in [0, 0.1) is 5.92 Å². The number of halogens is 2. The van der Waals surface area contributed by atoms with Crippen molar-refractivity contribution in [2.24, 2.45) is 5.92 Å². The molecule has 2 fully saturated rings. The van der Waals surface area contributed by atoms with Gasteiger partial charge in [0.15, 0.2) is 0 Å². The van der Waals surface area contributed by atoms with Gasteiger partial charge in [-0.15, -0.1) is 0 Å². The zero-order chi connectivity index (χ0) is 17.4. The minimum atomic E-state index is 0.203. The lowest BCUT2D eigenvalue weighted by Gasteiger charge is -2.43. The van der Waals surface area contributed by atoms with Crippen molar-refractivity contribution in [1.82, 2.24) is 9.80 Å². The van der Waals surface area contributed by atoms with Gasteiger partial charge >= 0.3 is 0 Å². The fourth-order valence-corrected chi connectivity index (χ4v) is 4.19. The molecule has 0 N–H and O–H groups in total. The summed E-state index contributed by atoms with van der Waals surface area (Å²) in [5.41, 5.74) is 2.18. The summed E-state index contributed by atoms with van der Waals surface area (Å²) < 4.78 is 0. The summed E-state index contributed by atoms with van der Waals surface area (Å²) in [5, 5.41) is 1.52. The van der Waals surface area contributed by atoms with E-state index < -0.39 is 0 Å². The van der Waals surface area contributed by atoms with Gasteiger partial charge in [0.25, 0.3) is 0 Å². The number of rotatable bonds is 4. The molecule has 5 heteroatoms. The molecule has 0 aliphatic carbocycles. The zero-order valence-corrected chi connectivity index (χ0v) is 15.4. The van der Waals surface area contributed by atoms with Crippen molar-refractivity contribution >= 4 is 29.1 Å². The van der Waals surface area contributed by atoms with Crippen molar-refractivity contribution in [1.29, 1.82) is 0 Å². The Balaban J connectivity index is 1.34. The van der Waals surface area contributed by atoms with Crippen molar-refractivity contribution in [3.05, 3.63) is 69.7 Å². The number of likely N-dealkylation sites (tertiary alicyclic amines) is 2. The number of hydrogen-bond donors (Lipinski definition) is 0. The molecule has 1 amide bonds.